The van der Waals surface area contributed by atoms with Gasteiger partial charge in [0.2, 0.25) is 0 Å². The maximum absolute atomic E-state index is 12.7. The summed E-state index contributed by atoms with van der Waals surface area (Å²) in [5, 5.41) is 8.90. The van der Waals surface area contributed by atoms with Crippen molar-refractivity contribution in [3.05, 3.63) is 48.6 Å². The van der Waals surface area contributed by atoms with Gasteiger partial charge < -0.3 is 25.2 Å². The fraction of sp³-hybridized carbons (Fsp3) is 0.771. The standard InChI is InChI=1S/C48H86NO10P/c1-3-5-7-9-11-13-15-17-19-21-22-24-25-27-29-31-33-35-37-39-46(50)56-41-44(42-57-60(54,55)58-43-45(49)48(52)53)59-47(51)40-38-36-34-32-30-28-26-23-20-18-16-14-12-10-8-6-4-2/h11-14,17-20,44-45H,3-10,15-16,21-43,49H2,1-2H3,(H,52,53)(H,54,55)/b13-11+,14-12+,19-17+,20-18+/t44-,45+/m1/s1. The first-order valence-electron chi connectivity index (χ1n) is 23.7. The van der Waals surface area contributed by atoms with Crippen LogP contribution in [0, 0.1) is 0 Å². The molecule has 11 nitrogen and oxygen atoms in total. The summed E-state index contributed by atoms with van der Waals surface area (Å²) in [7, 11) is -4.72. The molecule has 0 heterocycles. The molecule has 0 saturated carbocycles. The lowest BCUT2D eigenvalue weighted by atomic mass is 10.1. The summed E-state index contributed by atoms with van der Waals surface area (Å²) in [6.45, 7) is 2.75. The van der Waals surface area contributed by atoms with Crippen molar-refractivity contribution >= 4 is 25.7 Å². The van der Waals surface area contributed by atoms with Crippen LogP contribution >= 0.6 is 7.82 Å². The number of hydrogen-bond donors (Lipinski definition) is 3. The molecule has 0 bridgehead atoms. The molecule has 0 amide bonds. The van der Waals surface area contributed by atoms with Crippen LogP contribution in [-0.2, 0) is 37.5 Å². The molecule has 4 N–H and O–H groups in total. The number of aliphatic carboxylic acids is 1. The number of unbranched alkanes of at least 4 members (excludes halogenated alkanes) is 22. The van der Waals surface area contributed by atoms with Crippen LogP contribution in [0.15, 0.2) is 48.6 Å². The molecule has 0 rings (SSSR count). The lowest BCUT2D eigenvalue weighted by molar-refractivity contribution is -0.161. The highest BCUT2D eigenvalue weighted by atomic mass is 31.2. The van der Waals surface area contributed by atoms with Crippen molar-refractivity contribution in [3.8, 4) is 0 Å². The van der Waals surface area contributed by atoms with Crippen LogP contribution in [0.2, 0.25) is 0 Å². The molecule has 0 aliphatic rings. The maximum atomic E-state index is 12.7. The van der Waals surface area contributed by atoms with E-state index in [9.17, 15) is 23.8 Å². The molecule has 0 aliphatic carbocycles. The Balaban J connectivity index is 4.32. The average molecular weight is 868 g/mol. The van der Waals surface area contributed by atoms with Crippen LogP contribution in [0.3, 0.4) is 0 Å². The fourth-order valence-corrected chi connectivity index (χ4v) is 7.08. The molecule has 60 heavy (non-hydrogen) atoms. The summed E-state index contributed by atoms with van der Waals surface area (Å²) < 4.78 is 32.8. The van der Waals surface area contributed by atoms with Crippen LogP contribution < -0.4 is 5.73 Å². The Morgan fingerprint density at radius 2 is 0.883 bits per heavy atom. The number of phosphoric acid groups is 1. The molecule has 0 fully saturated rings. The van der Waals surface area contributed by atoms with Gasteiger partial charge in [-0.15, -0.1) is 0 Å². The van der Waals surface area contributed by atoms with E-state index >= 15 is 0 Å². The highest BCUT2D eigenvalue weighted by Gasteiger charge is 2.28. The monoisotopic (exact) mass is 868 g/mol. The van der Waals surface area contributed by atoms with Gasteiger partial charge in [-0.1, -0.05) is 165 Å². The van der Waals surface area contributed by atoms with E-state index < -0.39 is 51.1 Å². The Morgan fingerprint density at radius 1 is 0.517 bits per heavy atom. The van der Waals surface area contributed by atoms with Crippen molar-refractivity contribution in [1.82, 2.24) is 0 Å². The van der Waals surface area contributed by atoms with Crippen molar-refractivity contribution in [1.29, 1.82) is 0 Å². The summed E-state index contributed by atoms with van der Waals surface area (Å²) >= 11 is 0. The molecular formula is C48H86NO10P. The number of carbonyl (C=O) groups excluding carboxylic acids is 2. The SMILES string of the molecule is CCCCC/C=C/C/C=C/CCCCCCCCCCCC(=O)OC[C@H](COP(=O)(O)OC[C@H](N)C(=O)O)OC(=O)CCCCCCCCC/C=C/C/C=C/CCCCC. The molecule has 0 spiro atoms. The van der Waals surface area contributed by atoms with Gasteiger partial charge in [0.15, 0.2) is 6.10 Å². The van der Waals surface area contributed by atoms with Gasteiger partial charge in [-0.25, -0.2) is 4.57 Å². The van der Waals surface area contributed by atoms with Gasteiger partial charge in [-0.2, -0.15) is 0 Å². The average Bonchev–Trinajstić information content (AvgIpc) is 3.22. The van der Waals surface area contributed by atoms with Crippen molar-refractivity contribution < 1.29 is 47.5 Å². The molecule has 0 aliphatic heterocycles. The van der Waals surface area contributed by atoms with Gasteiger partial charge in [0.25, 0.3) is 0 Å². The number of carbonyl (C=O) groups is 3. The van der Waals surface area contributed by atoms with Gasteiger partial charge in [0, 0.05) is 12.8 Å². The molecule has 0 aromatic carbocycles. The van der Waals surface area contributed by atoms with Gasteiger partial charge in [0.1, 0.15) is 12.6 Å². The van der Waals surface area contributed by atoms with E-state index in [0.29, 0.717) is 12.8 Å². The Hall–Kier alpha value is -2.56. The molecule has 348 valence electrons. The number of hydrogen-bond acceptors (Lipinski definition) is 9. The van der Waals surface area contributed by atoms with Crippen molar-refractivity contribution in [2.45, 2.75) is 219 Å². The van der Waals surface area contributed by atoms with Crippen LogP contribution in [0.4, 0.5) is 0 Å². The zero-order valence-electron chi connectivity index (χ0n) is 37.8. The molecule has 3 atom stereocenters. The molecule has 0 aromatic heterocycles. The summed E-state index contributed by atoms with van der Waals surface area (Å²) in [5.74, 6) is -2.39. The van der Waals surface area contributed by atoms with Gasteiger partial charge in [-0.05, 0) is 77.0 Å². The summed E-state index contributed by atoms with van der Waals surface area (Å²) in [6, 6.07) is -1.52. The first-order valence-corrected chi connectivity index (χ1v) is 25.2. The molecule has 0 radical (unpaired) electrons. The van der Waals surface area contributed by atoms with E-state index in [-0.39, 0.29) is 19.4 Å². The van der Waals surface area contributed by atoms with Crippen LogP contribution in [-0.4, -0.2) is 59.9 Å². The number of rotatable bonds is 44. The molecule has 1 unspecified atom stereocenters. The largest absolute Gasteiger partial charge is 0.480 e. The quantitative estimate of drug-likeness (QED) is 0.0230. The molecule has 0 saturated heterocycles. The molecule has 0 aromatic rings. The smallest absolute Gasteiger partial charge is 0.472 e. The first-order chi connectivity index (χ1) is 29.1. The van der Waals surface area contributed by atoms with Gasteiger partial charge in [0.05, 0.1) is 13.2 Å². The second-order valence-corrected chi connectivity index (χ2v) is 17.3. The van der Waals surface area contributed by atoms with Crippen LogP contribution in [0.5, 0.6) is 0 Å². The Bertz CT molecular complexity index is 1200. The third-order valence-corrected chi connectivity index (χ3v) is 11.0. The van der Waals surface area contributed by atoms with E-state index in [1.165, 1.54) is 96.3 Å². The number of esters is 2. The van der Waals surface area contributed by atoms with Crippen LogP contribution in [0.1, 0.15) is 206 Å². The molecule has 12 heteroatoms. The zero-order valence-corrected chi connectivity index (χ0v) is 38.7. The van der Waals surface area contributed by atoms with E-state index in [1.54, 1.807) is 0 Å². The van der Waals surface area contributed by atoms with Crippen LogP contribution in [0.25, 0.3) is 0 Å². The van der Waals surface area contributed by atoms with Crippen molar-refractivity contribution in [2.24, 2.45) is 5.73 Å². The normalized spacial score (nSPS) is 14.1. The minimum absolute atomic E-state index is 0.151. The number of ether oxygens (including phenoxy) is 2. The van der Waals surface area contributed by atoms with E-state index in [0.717, 1.165) is 70.6 Å². The van der Waals surface area contributed by atoms with E-state index in [4.69, 9.17) is 24.8 Å². The number of phosphoric ester groups is 1. The predicted octanol–water partition coefficient (Wildman–Crippen LogP) is 13.0. The lowest BCUT2D eigenvalue weighted by Gasteiger charge is -2.20. The third kappa shape index (κ3) is 42.1. The minimum atomic E-state index is -4.72. The summed E-state index contributed by atoms with van der Waals surface area (Å²) in [4.78, 5) is 46.1. The first kappa shape index (κ1) is 57.4. The third-order valence-electron chi connectivity index (χ3n) is 10.0. The van der Waals surface area contributed by atoms with Gasteiger partial charge >= 0.3 is 25.7 Å². The number of nitrogens with two attached hydrogens (primary N) is 1. The minimum Gasteiger partial charge on any atom is -0.480 e. The van der Waals surface area contributed by atoms with Crippen molar-refractivity contribution in [2.75, 3.05) is 19.8 Å². The zero-order chi connectivity index (χ0) is 44.2. The van der Waals surface area contributed by atoms with Gasteiger partial charge in [-0.3, -0.25) is 23.4 Å². The maximum Gasteiger partial charge on any atom is 0.472 e. The van der Waals surface area contributed by atoms with Crippen molar-refractivity contribution in [3.63, 3.8) is 0 Å². The highest BCUT2D eigenvalue weighted by Crippen LogP contribution is 2.43. The Kier molecular flexibility index (Phi) is 41.3. The fourth-order valence-electron chi connectivity index (χ4n) is 6.30. The number of carboxylic acids is 1. The highest BCUT2D eigenvalue weighted by molar-refractivity contribution is 7.47. The summed E-state index contributed by atoms with van der Waals surface area (Å²) in [6.07, 6.45) is 48.8. The molecular weight excluding hydrogens is 781 g/mol. The Labute approximate surface area is 365 Å². The Morgan fingerprint density at radius 3 is 1.30 bits per heavy atom. The predicted molar refractivity (Wildman–Crippen MR) is 245 cm³/mol. The summed E-state index contributed by atoms with van der Waals surface area (Å²) in [5.41, 5.74) is 5.34. The lowest BCUT2D eigenvalue weighted by Crippen LogP contribution is -2.34. The second kappa shape index (κ2) is 43.1. The van der Waals surface area contributed by atoms with E-state index in [1.807, 2.05) is 0 Å². The second-order valence-electron chi connectivity index (χ2n) is 15.9. The topological polar surface area (TPSA) is 172 Å². The van der Waals surface area contributed by atoms with E-state index in [2.05, 4.69) is 67.0 Å². The number of allylic oxidation sites excluding steroid dienone is 8. The number of carboxylic acid groups (broad SMARTS) is 1.